The predicted octanol–water partition coefficient (Wildman–Crippen LogP) is 1.68. The van der Waals surface area contributed by atoms with Crippen LogP contribution in [0.2, 0.25) is 0 Å². The molecule has 1 aromatic carbocycles. The van der Waals surface area contributed by atoms with Gasteiger partial charge in [0.25, 0.3) is 0 Å². The molecular formula is C20H21N3O7S2. The minimum Gasteiger partial charge on any atom is -0.463 e. The molecule has 1 aliphatic rings. The molecule has 2 aromatic rings. The predicted molar refractivity (Wildman–Crippen MR) is 115 cm³/mol. The van der Waals surface area contributed by atoms with Crippen LogP contribution in [0.3, 0.4) is 0 Å². The van der Waals surface area contributed by atoms with E-state index in [0.29, 0.717) is 4.88 Å². The Morgan fingerprint density at radius 2 is 1.94 bits per heavy atom. The molecule has 2 heterocycles. The van der Waals surface area contributed by atoms with E-state index in [1.807, 2.05) is 0 Å². The van der Waals surface area contributed by atoms with Gasteiger partial charge in [-0.25, -0.2) is 27.5 Å². The molecule has 0 unspecified atom stereocenters. The molecule has 0 saturated carbocycles. The molecule has 3 N–H and O–H groups in total. The van der Waals surface area contributed by atoms with Gasteiger partial charge in [0.15, 0.2) is 0 Å². The third-order valence-corrected chi connectivity index (χ3v) is 6.82. The van der Waals surface area contributed by atoms with Crippen molar-refractivity contribution in [1.29, 1.82) is 0 Å². The van der Waals surface area contributed by atoms with Gasteiger partial charge in [0.1, 0.15) is 6.61 Å². The molecule has 1 aliphatic heterocycles. The van der Waals surface area contributed by atoms with E-state index in [9.17, 15) is 22.8 Å². The van der Waals surface area contributed by atoms with E-state index in [1.165, 1.54) is 42.6 Å². The minimum atomic E-state index is -3.75. The summed E-state index contributed by atoms with van der Waals surface area (Å²) < 4.78 is 36.5. The monoisotopic (exact) mass is 479 g/mol. The van der Waals surface area contributed by atoms with Gasteiger partial charge >= 0.3 is 18.0 Å². The van der Waals surface area contributed by atoms with E-state index in [1.54, 1.807) is 24.4 Å². The van der Waals surface area contributed by atoms with E-state index < -0.39 is 40.6 Å². The normalized spacial score (nSPS) is 16.2. The zero-order valence-electron chi connectivity index (χ0n) is 17.2. The Morgan fingerprint density at radius 1 is 1.16 bits per heavy atom. The van der Waals surface area contributed by atoms with Gasteiger partial charge in [-0.15, -0.1) is 11.3 Å². The summed E-state index contributed by atoms with van der Waals surface area (Å²) in [7, 11) is -2.49. The van der Waals surface area contributed by atoms with E-state index in [-0.39, 0.29) is 28.3 Å². The van der Waals surface area contributed by atoms with Gasteiger partial charge in [0.2, 0.25) is 10.0 Å². The first-order chi connectivity index (χ1) is 15.3. The van der Waals surface area contributed by atoms with Crippen molar-refractivity contribution >= 4 is 39.3 Å². The summed E-state index contributed by atoms with van der Waals surface area (Å²) in [5.74, 6) is -1.49. The number of carbonyl (C=O) groups excluding carboxylic acids is 3. The van der Waals surface area contributed by atoms with Gasteiger partial charge in [-0.05, 0) is 43.6 Å². The number of amides is 2. The zero-order chi connectivity index (χ0) is 23.3. The molecule has 0 fully saturated rings. The van der Waals surface area contributed by atoms with Crippen molar-refractivity contribution in [2.24, 2.45) is 0 Å². The van der Waals surface area contributed by atoms with Gasteiger partial charge in [0, 0.05) is 4.88 Å². The molecule has 0 spiro atoms. The lowest BCUT2D eigenvalue weighted by molar-refractivity contribution is -0.139. The van der Waals surface area contributed by atoms with Crippen LogP contribution in [0.1, 0.15) is 28.2 Å². The highest BCUT2D eigenvalue weighted by atomic mass is 32.2. The van der Waals surface area contributed by atoms with Crippen molar-refractivity contribution in [3.05, 3.63) is 63.5 Å². The fourth-order valence-electron chi connectivity index (χ4n) is 2.98. The Kier molecular flexibility index (Phi) is 7.28. The second kappa shape index (κ2) is 9.94. The number of ether oxygens (including phenoxy) is 2. The van der Waals surface area contributed by atoms with E-state index >= 15 is 0 Å². The summed E-state index contributed by atoms with van der Waals surface area (Å²) in [4.78, 5) is 38.0. The Morgan fingerprint density at radius 3 is 2.59 bits per heavy atom. The van der Waals surface area contributed by atoms with Crippen LogP contribution in [0, 0.1) is 0 Å². The Balaban J connectivity index is 1.88. The number of esters is 2. The molecule has 12 heteroatoms. The number of sulfonamides is 1. The van der Waals surface area contributed by atoms with E-state index in [2.05, 4.69) is 15.4 Å². The first-order valence-corrected chi connectivity index (χ1v) is 11.8. The van der Waals surface area contributed by atoms with Crippen molar-refractivity contribution in [3.63, 3.8) is 0 Å². The number of benzene rings is 1. The molecule has 0 aliphatic carbocycles. The highest BCUT2D eigenvalue weighted by Gasteiger charge is 2.34. The molecule has 0 radical (unpaired) electrons. The lowest BCUT2D eigenvalue weighted by atomic mass is 10.0. The summed E-state index contributed by atoms with van der Waals surface area (Å²) >= 11 is 1.35. The molecule has 170 valence electrons. The Labute approximate surface area is 188 Å². The van der Waals surface area contributed by atoms with Crippen LogP contribution in [0.15, 0.2) is 57.9 Å². The Bertz CT molecular complexity index is 1160. The number of nitrogens with one attached hydrogen (secondary N) is 3. The van der Waals surface area contributed by atoms with Crippen LogP contribution >= 0.6 is 11.3 Å². The van der Waals surface area contributed by atoms with Gasteiger partial charge in [-0.1, -0.05) is 12.1 Å². The SMILES string of the molecule is CCOC(=O)C1=C(COC(=O)c2cccc(S(=O)(=O)NC)c2)NC(=O)N[C@H]1c1cccs1. The van der Waals surface area contributed by atoms with Crippen LogP contribution < -0.4 is 15.4 Å². The third-order valence-electron chi connectivity index (χ3n) is 4.47. The second-order valence-corrected chi connectivity index (χ2v) is 9.34. The van der Waals surface area contributed by atoms with Crippen molar-refractivity contribution in [1.82, 2.24) is 15.4 Å². The largest absolute Gasteiger partial charge is 0.463 e. The molecule has 1 aromatic heterocycles. The van der Waals surface area contributed by atoms with Gasteiger partial charge < -0.3 is 20.1 Å². The standard InChI is InChI=1S/C20H21N3O7S2/c1-3-29-19(25)16-14(22-20(26)23-17(16)15-8-5-9-31-15)11-30-18(24)12-6-4-7-13(10-12)32(27,28)21-2/h4-10,17,21H,3,11H2,1-2H3,(H2,22,23,26)/t17-/m0/s1. The quantitative estimate of drug-likeness (QED) is 0.490. The zero-order valence-corrected chi connectivity index (χ0v) is 18.8. The highest BCUT2D eigenvalue weighted by molar-refractivity contribution is 7.89. The fourth-order valence-corrected chi connectivity index (χ4v) is 4.54. The van der Waals surface area contributed by atoms with Crippen LogP contribution in [-0.2, 0) is 24.3 Å². The van der Waals surface area contributed by atoms with Crippen LogP contribution in [0.25, 0.3) is 0 Å². The average Bonchev–Trinajstić information content (AvgIpc) is 3.32. The maximum atomic E-state index is 12.6. The molecule has 10 nitrogen and oxygen atoms in total. The van der Waals surface area contributed by atoms with Crippen molar-refractivity contribution < 1.29 is 32.3 Å². The smallest absolute Gasteiger partial charge is 0.338 e. The molecule has 32 heavy (non-hydrogen) atoms. The summed E-state index contributed by atoms with van der Waals surface area (Å²) in [6.45, 7) is 1.35. The topological polar surface area (TPSA) is 140 Å². The lowest BCUT2D eigenvalue weighted by Gasteiger charge is -2.28. The fraction of sp³-hybridized carbons (Fsp3) is 0.250. The minimum absolute atomic E-state index is 0.00493. The number of thiophene rings is 1. The van der Waals surface area contributed by atoms with E-state index in [4.69, 9.17) is 9.47 Å². The number of urea groups is 1. The average molecular weight is 480 g/mol. The second-order valence-electron chi connectivity index (χ2n) is 6.47. The first kappa shape index (κ1) is 23.4. The molecular weight excluding hydrogens is 458 g/mol. The summed E-state index contributed by atoms with van der Waals surface area (Å²) in [5.41, 5.74) is 0.195. The molecule has 1 atom stereocenters. The Hall–Kier alpha value is -3.22. The summed E-state index contributed by atoms with van der Waals surface area (Å²) in [6.07, 6.45) is 0. The van der Waals surface area contributed by atoms with Crippen LogP contribution in [-0.4, -0.2) is 46.6 Å². The number of hydrogen-bond donors (Lipinski definition) is 3. The molecule has 0 saturated heterocycles. The van der Waals surface area contributed by atoms with Crippen LogP contribution in [0.4, 0.5) is 4.79 Å². The van der Waals surface area contributed by atoms with Gasteiger partial charge in [-0.2, -0.15) is 0 Å². The summed E-state index contributed by atoms with van der Waals surface area (Å²) in [5, 5.41) is 6.98. The van der Waals surface area contributed by atoms with Crippen molar-refractivity contribution in [2.45, 2.75) is 17.9 Å². The van der Waals surface area contributed by atoms with Crippen molar-refractivity contribution in [2.75, 3.05) is 20.3 Å². The van der Waals surface area contributed by atoms with Crippen molar-refractivity contribution in [3.8, 4) is 0 Å². The number of carbonyl (C=O) groups is 3. The highest BCUT2D eigenvalue weighted by Crippen LogP contribution is 2.30. The molecule has 2 amide bonds. The van der Waals surface area contributed by atoms with Gasteiger partial charge in [-0.3, -0.25) is 0 Å². The van der Waals surface area contributed by atoms with Crippen LogP contribution in [0.5, 0.6) is 0 Å². The third kappa shape index (κ3) is 5.15. The first-order valence-electron chi connectivity index (χ1n) is 9.48. The molecule has 0 bridgehead atoms. The van der Waals surface area contributed by atoms with E-state index in [0.717, 1.165) is 0 Å². The number of hydrogen-bond acceptors (Lipinski definition) is 8. The van der Waals surface area contributed by atoms with Gasteiger partial charge in [0.05, 0.1) is 34.4 Å². The summed E-state index contributed by atoms with van der Waals surface area (Å²) in [6, 6.07) is 7.52. The maximum absolute atomic E-state index is 12.6. The number of rotatable bonds is 8. The maximum Gasteiger partial charge on any atom is 0.338 e. The molecule has 3 rings (SSSR count). The lowest BCUT2D eigenvalue weighted by Crippen LogP contribution is -2.46.